The highest BCUT2D eigenvalue weighted by atomic mass is 79.9. The van der Waals surface area contributed by atoms with Crippen molar-refractivity contribution in [1.29, 1.82) is 0 Å². The summed E-state index contributed by atoms with van der Waals surface area (Å²) in [5, 5.41) is 24.6. The molecule has 0 aliphatic rings. The van der Waals surface area contributed by atoms with Gasteiger partial charge >= 0.3 is 6.18 Å². The lowest BCUT2D eigenvalue weighted by molar-refractivity contribution is -0.137. The quantitative estimate of drug-likeness (QED) is 0.376. The van der Waals surface area contributed by atoms with Gasteiger partial charge in [0.05, 0.1) is 19.3 Å². The zero-order valence-corrected chi connectivity index (χ0v) is 18.9. The standard InChI is InChI=1S/C20H22BrF3N2O4S/c1-29-17-6-13(16(21)7-18(17)30-11-15(28)10-27)9-26-19(31)25-8-12-2-4-14(5-3-12)20(22,23)24/h2-7,15,27-28H,8-11H2,1H3,(H2,25,26,31). The summed E-state index contributed by atoms with van der Waals surface area (Å²) in [5.41, 5.74) is 0.770. The van der Waals surface area contributed by atoms with Crippen LogP contribution in [0.25, 0.3) is 0 Å². The van der Waals surface area contributed by atoms with Crippen molar-refractivity contribution >= 4 is 33.3 Å². The van der Waals surface area contributed by atoms with Crippen LogP contribution in [-0.4, -0.2) is 41.8 Å². The second kappa shape index (κ2) is 11.5. The summed E-state index contributed by atoms with van der Waals surface area (Å²) < 4.78 is 49.3. The fraction of sp³-hybridized carbons (Fsp3) is 0.350. The van der Waals surface area contributed by atoms with E-state index in [9.17, 15) is 18.3 Å². The average molecular weight is 523 g/mol. The number of thiocarbonyl (C=S) groups is 1. The van der Waals surface area contributed by atoms with Crippen molar-refractivity contribution in [2.45, 2.75) is 25.4 Å². The molecule has 0 aromatic heterocycles. The minimum atomic E-state index is -4.36. The molecule has 0 fully saturated rings. The number of alkyl halides is 3. The van der Waals surface area contributed by atoms with E-state index in [0.29, 0.717) is 33.2 Å². The Morgan fingerprint density at radius 1 is 1.13 bits per heavy atom. The number of hydrogen-bond acceptors (Lipinski definition) is 5. The van der Waals surface area contributed by atoms with Crippen LogP contribution in [0.5, 0.6) is 11.5 Å². The maximum atomic E-state index is 12.6. The molecule has 6 nitrogen and oxygen atoms in total. The Hall–Kier alpha value is -2.08. The fourth-order valence-electron chi connectivity index (χ4n) is 2.46. The maximum Gasteiger partial charge on any atom is 0.416 e. The van der Waals surface area contributed by atoms with Gasteiger partial charge in [0.25, 0.3) is 0 Å². The van der Waals surface area contributed by atoms with Crippen molar-refractivity contribution in [2.75, 3.05) is 20.3 Å². The second-order valence-electron chi connectivity index (χ2n) is 6.47. The fourth-order valence-corrected chi connectivity index (χ4v) is 3.06. The van der Waals surface area contributed by atoms with Crippen LogP contribution >= 0.6 is 28.1 Å². The Morgan fingerprint density at radius 3 is 2.35 bits per heavy atom. The highest BCUT2D eigenvalue weighted by Crippen LogP contribution is 2.33. The molecule has 0 saturated heterocycles. The predicted octanol–water partition coefficient (Wildman–Crippen LogP) is 3.37. The topological polar surface area (TPSA) is 83.0 Å². The highest BCUT2D eigenvalue weighted by Gasteiger charge is 2.29. The van der Waals surface area contributed by atoms with Gasteiger partial charge in [0, 0.05) is 17.6 Å². The lowest BCUT2D eigenvalue weighted by Crippen LogP contribution is -2.34. The Kier molecular flexibility index (Phi) is 9.35. The third-order valence-corrected chi connectivity index (χ3v) is 5.18. The molecule has 31 heavy (non-hydrogen) atoms. The molecule has 0 amide bonds. The molecule has 0 heterocycles. The molecule has 0 radical (unpaired) electrons. The van der Waals surface area contributed by atoms with Crippen LogP contribution in [-0.2, 0) is 19.3 Å². The summed E-state index contributed by atoms with van der Waals surface area (Å²) in [6.07, 6.45) is -5.37. The summed E-state index contributed by atoms with van der Waals surface area (Å²) in [5.74, 6) is 0.836. The SMILES string of the molecule is COc1cc(CNC(=S)NCc2ccc(C(F)(F)F)cc2)c(Br)cc1OCC(O)CO. The number of halogens is 4. The monoisotopic (exact) mass is 522 g/mol. The molecule has 2 aromatic carbocycles. The van der Waals surface area contributed by atoms with Crippen LogP contribution in [0, 0.1) is 0 Å². The molecule has 2 aromatic rings. The number of ether oxygens (including phenoxy) is 2. The first-order chi connectivity index (χ1) is 14.6. The van der Waals surface area contributed by atoms with Gasteiger partial charge < -0.3 is 30.3 Å². The molecule has 0 aliphatic heterocycles. The predicted molar refractivity (Wildman–Crippen MR) is 117 cm³/mol. The molecule has 1 atom stereocenters. The van der Waals surface area contributed by atoms with E-state index in [2.05, 4.69) is 26.6 Å². The van der Waals surface area contributed by atoms with Crippen molar-refractivity contribution in [3.63, 3.8) is 0 Å². The highest BCUT2D eigenvalue weighted by molar-refractivity contribution is 9.10. The number of hydrogen-bond donors (Lipinski definition) is 4. The first-order valence-electron chi connectivity index (χ1n) is 9.10. The number of aliphatic hydroxyl groups is 2. The summed E-state index contributed by atoms with van der Waals surface area (Å²) in [4.78, 5) is 0. The zero-order chi connectivity index (χ0) is 23.0. The van der Waals surface area contributed by atoms with E-state index in [1.54, 1.807) is 12.1 Å². The molecular formula is C20H22BrF3N2O4S. The Bertz CT molecular complexity index is 882. The van der Waals surface area contributed by atoms with Crippen molar-refractivity contribution in [3.8, 4) is 11.5 Å². The zero-order valence-electron chi connectivity index (χ0n) is 16.5. The molecule has 2 rings (SSSR count). The Balaban J connectivity index is 1.90. The summed E-state index contributed by atoms with van der Waals surface area (Å²) in [6, 6.07) is 8.26. The van der Waals surface area contributed by atoms with E-state index < -0.39 is 24.5 Å². The molecular weight excluding hydrogens is 501 g/mol. The average Bonchev–Trinajstić information content (AvgIpc) is 2.74. The van der Waals surface area contributed by atoms with Crippen LogP contribution < -0.4 is 20.1 Å². The Labute approximate surface area is 191 Å². The number of aliphatic hydroxyl groups excluding tert-OH is 2. The van der Waals surface area contributed by atoms with Gasteiger partial charge in [0.2, 0.25) is 0 Å². The molecule has 0 aliphatic carbocycles. The molecule has 1 unspecified atom stereocenters. The van der Waals surface area contributed by atoms with E-state index in [4.69, 9.17) is 26.8 Å². The van der Waals surface area contributed by atoms with Crippen molar-refractivity contribution in [2.24, 2.45) is 0 Å². The van der Waals surface area contributed by atoms with Gasteiger partial charge in [-0.25, -0.2) is 0 Å². The number of benzene rings is 2. The molecule has 11 heteroatoms. The third kappa shape index (κ3) is 7.84. The van der Waals surface area contributed by atoms with E-state index in [0.717, 1.165) is 17.7 Å². The summed E-state index contributed by atoms with van der Waals surface area (Å²) in [7, 11) is 1.48. The lowest BCUT2D eigenvalue weighted by Gasteiger charge is -2.16. The van der Waals surface area contributed by atoms with E-state index in [1.807, 2.05) is 0 Å². The van der Waals surface area contributed by atoms with Crippen LogP contribution in [0.2, 0.25) is 0 Å². The van der Waals surface area contributed by atoms with Gasteiger partial charge in [-0.3, -0.25) is 0 Å². The van der Waals surface area contributed by atoms with Gasteiger partial charge in [-0.2, -0.15) is 13.2 Å². The van der Waals surface area contributed by atoms with Crippen LogP contribution in [0.3, 0.4) is 0 Å². The minimum absolute atomic E-state index is 0.0884. The smallest absolute Gasteiger partial charge is 0.416 e. The Morgan fingerprint density at radius 2 is 1.77 bits per heavy atom. The van der Waals surface area contributed by atoms with Gasteiger partial charge in [0.1, 0.15) is 12.7 Å². The first kappa shape index (κ1) is 25.2. The third-order valence-electron chi connectivity index (χ3n) is 4.15. The van der Waals surface area contributed by atoms with E-state index >= 15 is 0 Å². The molecule has 0 saturated carbocycles. The van der Waals surface area contributed by atoms with Gasteiger partial charge in [-0.15, -0.1) is 0 Å². The summed E-state index contributed by atoms with van der Waals surface area (Å²) >= 11 is 8.67. The minimum Gasteiger partial charge on any atom is -0.493 e. The number of rotatable bonds is 9. The normalized spacial score (nSPS) is 12.2. The van der Waals surface area contributed by atoms with Crippen LogP contribution in [0.1, 0.15) is 16.7 Å². The van der Waals surface area contributed by atoms with Gasteiger partial charge in [-0.1, -0.05) is 28.1 Å². The summed E-state index contributed by atoms with van der Waals surface area (Å²) in [6.45, 7) is 0.112. The number of nitrogens with one attached hydrogen (secondary N) is 2. The van der Waals surface area contributed by atoms with Crippen molar-refractivity contribution in [1.82, 2.24) is 10.6 Å². The van der Waals surface area contributed by atoms with E-state index in [-0.39, 0.29) is 13.2 Å². The van der Waals surface area contributed by atoms with Crippen LogP contribution in [0.15, 0.2) is 40.9 Å². The first-order valence-corrected chi connectivity index (χ1v) is 10.3. The maximum absolute atomic E-state index is 12.6. The molecule has 4 N–H and O–H groups in total. The van der Waals surface area contributed by atoms with Crippen molar-refractivity contribution in [3.05, 3.63) is 57.6 Å². The molecule has 0 spiro atoms. The van der Waals surface area contributed by atoms with Gasteiger partial charge in [-0.05, 0) is 47.6 Å². The van der Waals surface area contributed by atoms with Crippen molar-refractivity contribution < 1.29 is 32.9 Å². The molecule has 170 valence electrons. The largest absolute Gasteiger partial charge is 0.493 e. The van der Waals surface area contributed by atoms with Gasteiger partial charge in [0.15, 0.2) is 16.6 Å². The van der Waals surface area contributed by atoms with E-state index in [1.165, 1.54) is 19.2 Å². The lowest BCUT2D eigenvalue weighted by atomic mass is 10.1. The number of methoxy groups -OCH3 is 1. The van der Waals surface area contributed by atoms with Crippen LogP contribution in [0.4, 0.5) is 13.2 Å². The second-order valence-corrected chi connectivity index (χ2v) is 7.74. The molecule has 0 bridgehead atoms.